The molecular formula is C22H28N2O4S2. The number of hydrogen-bond acceptors (Lipinski definition) is 7. The van der Waals surface area contributed by atoms with Gasteiger partial charge in [-0.15, -0.1) is 11.3 Å². The van der Waals surface area contributed by atoms with Crippen LogP contribution in [0, 0.1) is 0 Å². The van der Waals surface area contributed by atoms with Gasteiger partial charge in [-0.05, 0) is 41.0 Å². The maximum absolute atomic E-state index is 12.9. The van der Waals surface area contributed by atoms with E-state index in [4.69, 9.17) is 9.47 Å². The lowest BCUT2D eigenvalue weighted by Crippen LogP contribution is -2.50. The fraction of sp³-hybridized carbons (Fsp3) is 0.500. The van der Waals surface area contributed by atoms with Crippen molar-refractivity contribution in [3.63, 3.8) is 0 Å². The number of rotatable bonds is 5. The van der Waals surface area contributed by atoms with Gasteiger partial charge in [0, 0.05) is 16.6 Å². The van der Waals surface area contributed by atoms with E-state index < -0.39 is 17.4 Å². The topological polar surface area (TPSA) is 68.7 Å². The van der Waals surface area contributed by atoms with Crippen molar-refractivity contribution < 1.29 is 19.1 Å². The van der Waals surface area contributed by atoms with Gasteiger partial charge in [0.15, 0.2) is 0 Å². The summed E-state index contributed by atoms with van der Waals surface area (Å²) in [6, 6.07) is 9.01. The van der Waals surface area contributed by atoms with Crippen molar-refractivity contribution in [3.05, 3.63) is 52.5 Å². The maximum Gasteiger partial charge on any atom is 0.412 e. The van der Waals surface area contributed by atoms with Gasteiger partial charge < -0.3 is 9.47 Å². The molecule has 3 rings (SSSR count). The molecule has 2 unspecified atom stereocenters. The summed E-state index contributed by atoms with van der Waals surface area (Å²) in [5, 5.41) is -0.145. The SMILES string of the molecule is CC(C)(C)OC(=O)N1C(CC(SC(=O)c2ccccc2)c2cncs2)COC1(C)C. The average molecular weight is 449 g/mol. The summed E-state index contributed by atoms with van der Waals surface area (Å²) in [6.45, 7) is 9.65. The van der Waals surface area contributed by atoms with Crippen molar-refractivity contribution in [3.8, 4) is 0 Å². The summed E-state index contributed by atoms with van der Waals surface area (Å²) in [6.07, 6.45) is 1.95. The molecule has 0 radical (unpaired) electrons. The number of ether oxygens (including phenoxy) is 2. The van der Waals surface area contributed by atoms with E-state index in [0.29, 0.717) is 18.6 Å². The first-order chi connectivity index (χ1) is 14.1. The van der Waals surface area contributed by atoms with Gasteiger partial charge in [-0.1, -0.05) is 42.1 Å². The highest BCUT2D eigenvalue weighted by atomic mass is 32.2. The number of aromatic nitrogens is 1. The first-order valence-corrected chi connectivity index (χ1v) is 11.6. The molecule has 2 atom stereocenters. The molecule has 0 aliphatic carbocycles. The average Bonchev–Trinajstić information content (AvgIpc) is 3.28. The number of amides is 1. The Hall–Kier alpha value is -1.90. The van der Waals surface area contributed by atoms with Crippen molar-refractivity contribution in [1.82, 2.24) is 9.88 Å². The molecule has 1 aliphatic heterocycles. The molecule has 8 heteroatoms. The molecule has 0 bridgehead atoms. The predicted molar refractivity (Wildman–Crippen MR) is 120 cm³/mol. The minimum atomic E-state index is -0.778. The van der Waals surface area contributed by atoms with E-state index in [-0.39, 0.29) is 16.4 Å². The third-order valence-electron chi connectivity index (χ3n) is 4.68. The second-order valence-corrected chi connectivity index (χ2v) is 10.8. The molecule has 2 heterocycles. The molecule has 1 aromatic carbocycles. The van der Waals surface area contributed by atoms with Crippen molar-refractivity contribution in [2.45, 2.75) is 63.7 Å². The molecule has 1 aromatic heterocycles. The van der Waals surface area contributed by atoms with Crippen LogP contribution >= 0.6 is 23.1 Å². The van der Waals surface area contributed by atoms with E-state index in [1.807, 2.05) is 65.0 Å². The van der Waals surface area contributed by atoms with Gasteiger partial charge in [0.2, 0.25) is 5.12 Å². The van der Waals surface area contributed by atoms with Gasteiger partial charge in [0.25, 0.3) is 0 Å². The maximum atomic E-state index is 12.9. The summed E-state index contributed by atoms with van der Waals surface area (Å²) in [5.74, 6) is 0. The first-order valence-electron chi connectivity index (χ1n) is 9.87. The standard InChI is InChI=1S/C22H28N2O4S2/c1-21(2,3)28-20(26)24-16(13-27-22(24,4)5)11-17(18-12-23-14-29-18)30-19(25)15-9-7-6-8-10-15/h6-10,12,14,16-17H,11,13H2,1-5H3. The molecule has 162 valence electrons. The Bertz CT molecular complexity index is 863. The van der Waals surface area contributed by atoms with Gasteiger partial charge in [-0.2, -0.15) is 0 Å². The quantitative estimate of drug-likeness (QED) is 0.600. The van der Waals surface area contributed by atoms with Crippen LogP contribution in [-0.2, 0) is 9.47 Å². The van der Waals surface area contributed by atoms with Crippen molar-refractivity contribution >= 4 is 34.3 Å². The summed E-state index contributed by atoms with van der Waals surface area (Å²) < 4.78 is 11.6. The second-order valence-electron chi connectivity index (χ2n) is 8.66. The smallest absolute Gasteiger partial charge is 0.412 e. The van der Waals surface area contributed by atoms with Crippen LogP contribution in [0.25, 0.3) is 0 Å². The van der Waals surface area contributed by atoms with Crippen molar-refractivity contribution in [1.29, 1.82) is 0 Å². The lowest BCUT2D eigenvalue weighted by Gasteiger charge is -2.35. The summed E-state index contributed by atoms with van der Waals surface area (Å²) >= 11 is 2.78. The zero-order valence-electron chi connectivity index (χ0n) is 18.0. The third-order valence-corrected chi connectivity index (χ3v) is 6.90. The number of carbonyl (C=O) groups is 2. The van der Waals surface area contributed by atoms with Crippen LogP contribution in [0.3, 0.4) is 0 Å². The number of thiazole rings is 1. The van der Waals surface area contributed by atoms with Gasteiger partial charge in [0.1, 0.15) is 11.3 Å². The Kier molecular flexibility index (Phi) is 6.89. The lowest BCUT2D eigenvalue weighted by molar-refractivity contribution is -0.0626. The van der Waals surface area contributed by atoms with Crippen LogP contribution in [-0.4, -0.2) is 45.1 Å². The van der Waals surface area contributed by atoms with Crippen LogP contribution in [0.4, 0.5) is 4.79 Å². The van der Waals surface area contributed by atoms with Gasteiger partial charge >= 0.3 is 6.09 Å². The van der Waals surface area contributed by atoms with Crippen molar-refractivity contribution in [2.24, 2.45) is 0 Å². The molecule has 0 spiro atoms. The minimum Gasteiger partial charge on any atom is -0.444 e. The fourth-order valence-corrected chi connectivity index (χ4v) is 5.31. The normalized spacial score (nSPS) is 19.5. The number of carbonyl (C=O) groups excluding carboxylic acids is 2. The van der Waals surface area contributed by atoms with Gasteiger partial charge in [0.05, 0.1) is 23.4 Å². The monoisotopic (exact) mass is 448 g/mol. The minimum absolute atomic E-state index is 0.00371. The molecule has 1 aliphatic rings. The molecule has 6 nitrogen and oxygen atoms in total. The van der Waals surface area contributed by atoms with Crippen molar-refractivity contribution in [2.75, 3.05) is 6.61 Å². The summed E-state index contributed by atoms with van der Waals surface area (Å²) in [4.78, 5) is 32.7. The Balaban J connectivity index is 1.81. The van der Waals surface area contributed by atoms with E-state index in [0.717, 1.165) is 4.88 Å². The molecular weight excluding hydrogens is 420 g/mol. The molecule has 0 saturated carbocycles. The second kappa shape index (κ2) is 9.08. The number of nitrogens with zero attached hydrogens (tertiary/aromatic N) is 2. The Labute approximate surface area is 186 Å². The fourth-order valence-electron chi connectivity index (χ4n) is 3.36. The highest BCUT2D eigenvalue weighted by Gasteiger charge is 2.46. The highest BCUT2D eigenvalue weighted by Crippen LogP contribution is 2.41. The molecule has 1 saturated heterocycles. The third kappa shape index (κ3) is 5.62. The zero-order valence-corrected chi connectivity index (χ0v) is 19.6. The van der Waals surface area contributed by atoms with E-state index in [1.165, 1.54) is 23.1 Å². The van der Waals surface area contributed by atoms with Gasteiger partial charge in [-0.25, -0.2) is 4.79 Å². The molecule has 1 amide bonds. The first kappa shape index (κ1) is 22.8. The Morgan fingerprint density at radius 3 is 2.63 bits per heavy atom. The van der Waals surface area contributed by atoms with Crippen LogP contribution in [0.5, 0.6) is 0 Å². The highest BCUT2D eigenvalue weighted by molar-refractivity contribution is 8.14. The van der Waals surface area contributed by atoms with E-state index >= 15 is 0 Å². The van der Waals surface area contributed by atoms with Crippen LogP contribution < -0.4 is 0 Å². The number of benzene rings is 1. The predicted octanol–water partition coefficient (Wildman–Crippen LogP) is 5.52. The van der Waals surface area contributed by atoms with Crippen LogP contribution in [0.1, 0.15) is 61.5 Å². The number of hydrogen-bond donors (Lipinski definition) is 0. The molecule has 30 heavy (non-hydrogen) atoms. The Morgan fingerprint density at radius 2 is 2.03 bits per heavy atom. The Morgan fingerprint density at radius 1 is 1.33 bits per heavy atom. The number of thioether (sulfide) groups is 1. The van der Waals surface area contributed by atoms with Crippen LogP contribution in [0.15, 0.2) is 42.0 Å². The van der Waals surface area contributed by atoms with Crippen LogP contribution in [0.2, 0.25) is 0 Å². The summed E-state index contributed by atoms with van der Waals surface area (Å²) in [5.41, 5.74) is 1.04. The molecule has 2 aromatic rings. The van der Waals surface area contributed by atoms with E-state index in [9.17, 15) is 9.59 Å². The molecule has 1 fully saturated rings. The zero-order chi connectivity index (χ0) is 21.9. The summed E-state index contributed by atoms with van der Waals surface area (Å²) in [7, 11) is 0. The largest absolute Gasteiger partial charge is 0.444 e. The molecule has 0 N–H and O–H groups in total. The lowest BCUT2D eigenvalue weighted by atomic mass is 10.1. The van der Waals surface area contributed by atoms with E-state index in [1.54, 1.807) is 16.6 Å². The van der Waals surface area contributed by atoms with E-state index in [2.05, 4.69) is 4.98 Å². The van der Waals surface area contributed by atoms with Gasteiger partial charge in [-0.3, -0.25) is 14.7 Å².